The second kappa shape index (κ2) is 6.28. The molecule has 110 valence electrons. The van der Waals surface area contributed by atoms with Crippen molar-refractivity contribution in [2.24, 2.45) is 0 Å². The van der Waals surface area contributed by atoms with Crippen molar-refractivity contribution in [3.05, 3.63) is 47.2 Å². The lowest BCUT2D eigenvalue weighted by atomic mass is 10.1. The van der Waals surface area contributed by atoms with Gasteiger partial charge < -0.3 is 14.5 Å². The van der Waals surface area contributed by atoms with E-state index < -0.39 is 0 Å². The Kier molecular flexibility index (Phi) is 4.21. The summed E-state index contributed by atoms with van der Waals surface area (Å²) in [7, 11) is 1.69. The van der Waals surface area contributed by atoms with E-state index >= 15 is 0 Å². The van der Waals surface area contributed by atoms with Gasteiger partial charge in [-0.3, -0.25) is 0 Å². The maximum Gasteiger partial charge on any atom is 0.153 e. The minimum absolute atomic E-state index is 0.0135. The lowest BCUT2D eigenvalue weighted by molar-refractivity contribution is 0.187. The second-order valence-corrected chi connectivity index (χ2v) is 5.41. The van der Waals surface area contributed by atoms with Crippen molar-refractivity contribution in [1.29, 1.82) is 0 Å². The van der Waals surface area contributed by atoms with Crippen LogP contribution in [0.15, 0.2) is 45.9 Å². The molecule has 0 radical (unpaired) electrons. The number of rotatable bonds is 6. The summed E-state index contributed by atoms with van der Waals surface area (Å²) in [5.74, 6) is 1.60. The molecule has 3 aromatic rings. The Morgan fingerprint density at radius 3 is 3.19 bits per heavy atom. The largest absolute Gasteiger partial charge is 0.467 e. The third-order valence-electron chi connectivity index (χ3n) is 3.19. The van der Waals surface area contributed by atoms with Crippen LogP contribution in [-0.2, 0) is 4.74 Å². The summed E-state index contributed by atoms with van der Waals surface area (Å²) in [6.07, 6.45) is 7.71. The van der Waals surface area contributed by atoms with Crippen LogP contribution in [0.5, 0.6) is 0 Å². The second-order valence-electron chi connectivity index (χ2n) is 4.56. The summed E-state index contributed by atoms with van der Waals surface area (Å²) in [5.41, 5.74) is 0.895. The Hall–Kier alpha value is -1.86. The van der Waals surface area contributed by atoms with Crippen molar-refractivity contribution in [2.75, 3.05) is 19.0 Å². The number of ether oxygens (including phenoxy) is 1. The zero-order chi connectivity index (χ0) is 14.7. The van der Waals surface area contributed by atoms with Crippen LogP contribution in [0.2, 0.25) is 0 Å². The first kappa shape index (κ1) is 14.1. The lowest BCUT2D eigenvalue weighted by Crippen LogP contribution is -2.14. The molecule has 21 heavy (non-hydrogen) atoms. The van der Waals surface area contributed by atoms with Crippen molar-refractivity contribution in [3.8, 4) is 0 Å². The number of nitrogens with one attached hydrogen (secondary N) is 1. The molecule has 6 nitrogen and oxygen atoms in total. The fourth-order valence-corrected chi connectivity index (χ4v) is 2.65. The van der Waals surface area contributed by atoms with Gasteiger partial charge in [0.1, 0.15) is 11.3 Å². The van der Waals surface area contributed by atoms with Crippen LogP contribution >= 0.6 is 15.9 Å². The summed E-state index contributed by atoms with van der Waals surface area (Å²) in [5, 5.41) is 7.66. The van der Waals surface area contributed by atoms with Crippen molar-refractivity contribution in [1.82, 2.24) is 14.6 Å². The molecule has 0 aliphatic rings. The molecule has 3 heterocycles. The lowest BCUT2D eigenvalue weighted by Gasteiger charge is -2.17. The van der Waals surface area contributed by atoms with E-state index in [0.29, 0.717) is 6.61 Å². The van der Waals surface area contributed by atoms with Crippen LogP contribution in [0.3, 0.4) is 0 Å². The Bertz CT molecular complexity index is 711. The van der Waals surface area contributed by atoms with E-state index in [1.54, 1.807) is 30.3 Å². The first-order valence-corrected chi connectivity index (χ1v) is 7.35. The molecular formula is C14H15BrN4O2. The highest BCUT2D eigenvalue weighted by atomic mass is 79.9. The van der Waals surface area contributed by atoms with E-state index in [1.165, 1.54) is 0 Å². The highest BCUT2D eigenvalue weighted by Crippen LogP contribution is 2.28. The fraction of sp³-hybridized carbons (Fsp3) is 0.286. The standard InChI is InChI=1S/C14H15BrN4O2/c1-20-8-4-11(12-3-2-7-21-12)18-14-13-10(15)9-17-19(13)6-5-16-14/h2-3,5-7,9,11H,4,8H2,1H3,(H,16,18). The monoisotopic (exact) mass is 350 g/mol. The minimum atomic E-state index is -0.0135. The number of hydrogen-bond acceptors (Lipinski definition) is 5. The van der Waals surface area contributed by atoms with Gasteiger partial charge in [0, 0.05) is 26.1 Å². The molecular weight excluding hydrogens is 336 g/mol. The van der Waals surface area contributed by atoms with Gasteiger partial charge in [0.05, 0.1) is 23.0 Å². The van der Waals surface area contributed by atoms with Crippen LogP contribution in [0.4, 0.5) is 5.82 Å². The topological polar surface area (TPSA) is 64.6 Å². The Morgan fingerprint density at radius 1 is 1.52 bits per heavy atom. The molecule has 0 spiro atoms. The van der Waals surface area contributed by atoms with Crippen molar-refractivity contribution < 1.29 is 9.15 Å². The number of furan rings is 1. The summed E-state index contributed by atoms with van der Waals surface area (Å²) >= 11 is 3.50. The molecule has 0 saturated heterocycles. The molecule has 0 bridgehead atoms. The smallest absolute Gasteiger partial charge is 0.153 e. The average molecular weight is 351 g/mol. The van der Waals surface area contributed by atoms with Gasteiger partial charge in [-0.05, 0) is 34.5 Å². The molecule has 0 saturated carbocycles. The Labute approximate surface area is 130 Å². The van der Waals surface area contributed by atoms with Gasteiger partial charge in [-0.1, -0.05) is 0 Å². The van der Waals surface area contributed by atoms with Crippen molar-refractivity contribution in [3.63, 3.8) is 0 Å². The zero-order valence-corrected chi connectivity index (χ0v) is 13.1. The predicted molar refractivity (Wildman–Crippen MR) is 82.3 cm³/mol. The van der Waals surface area contributed by atoms with Gasteiger partial charge in [0.2, 0.25) is 0 Å². The maximum atomic E-state index is 5.51. The highest BCUT2D eigenvalue weighted by Gasteiger charge is 2.17. The van der Waals surface area contributed by atoms with E-state index in [2.05, 4.69) is 31.3 Å². The molecule has 3 aromatic heterocycles. The minimum Gasteiger partial charge on any atom is -0.467 e. The van der Waals surface area contributed by atoms with Crippen molar-refractivity contribution >= 4 is 27.3 Å². The SMILES string of the molecule is COCCC(Nc1nccn2ncc(Br)c12)c1ccco1. The average Bonchev–Trinajstić information content (AvgIpc) is 3.14. The Balaban J connectivity index is 1.92. The molecule has 1 atom stereocenters. The Morgan fingerprint density at radius 2 is 2.43 bits per heavy atom. The van der Waals surface area contributed by atoms with E-state index in [4.69, 9.17) is 9.15 Å². The van der Waals surface area contributed by atoms with E-state index in [9.17, 15) is 0 Å². The van der Waals surface area contributed by atoms with Crippen LogP contribution in [0.1, 0.15) is 18.2 Å². The number of halogens is 1. The molecule has 0 amide bonds. The van der Waals surface area contributed by atoms with Crippen molar-refractivity contribution in [2.45, 2.75) is 12.5 Å². The highest BCUT2D eigenvalue weighted by molar-refractivity contribution is 9.10. The predicted octanol–water partition coefficient (Wildman–Crippen LogP) is 3.27. The number of anilines is 1. The van der Waals surface area contributed by atoms with Gasteiger partial charge in [0.25, 0.3) is 0 Å². The van der Waals surface area contributed by atoms with Gasteiger partial charge in [-0.15, -0.1) is 0 Å². The quantitative estimate of drug-likeness (QED) is 0.738. The van der Waals surface area contributed by atoms with Gasteiger partial charge >= 0.3 is 0 Å². The van der Waals surface area contributed by atoms with Crippen LogP contribution in [-0.4, -0.2) is 28.3 Å². The number of aromatic nitrogens is 3. The maximum absolute atomic E-state index is 5.51. The number of fused-ring (bicyclic) bond motifs is 1. The first-order valence-electron chi connectivity index (χ1n) is 6.56. The van der Waals surface area contributed by atoms with Gasteiger partial charge in [0.15, 0.2) is 5.82 Å². The summed E-state index contributed by atoms with van der Waals surface area (Å²) < 4.78 is 13.3. The number of methoxy groups -OCH3 is 1. The van der Waals surface area contributed by atoms with Crippen LogP contribution in [0.25, 0.3) is 5.52 Å². The zero-order valence-electron chi connectivity index (χ0n) is 11.5. The van der Waals surface area contributed by atoms with E-state index in [0.717, 1.165) is 28.0 Å². The first-order chi connectivity index (χ1) is 10.3. The summed E-state index contributed by atoms with van der Waals surface area (Å²) in [6, 6.07) is 3.80. The summed E-state index contributed by atoms with van der Waals surface area (Å²) in [6.45, 7) is 0.627. The number of nitrogens with zero attached hydrogens (tertiary/aromatic N) is 3. The van der Waals surface area contributed by atoms with Crippen LogP contribution < -0.4 is 5.32 Å². The van der Waals surface area contributed by atoms with E-state index in [1.807, 2.05) is 18.3 Å². The normalized spacial score (nSPS) is 12.7. The molecule has 0 aliphatic heterocycles. The molecule has 1 unspecified atom stereocenters. The van der Waals surface area contributed by atoms with Gasteiger partial charge in [-0.2, -0.15) is 5.10 Å². The molecule has 0 aliphatic carbocycles. The summed E-state index contributed by atoms with van der Waals surface area (Å²) in [4.78, 5) is 4.41. The molecule has 3 rings (SSSR count). The molecule has 1 N–H and O–H groups in total. The molecule has 7 heteroatoms. The third-order valence-corrected chi connectivity index (χ3v) is 3.78. The van der Waals surface area contributed by atoms with E-state index in [-0.39, 0.29) is 6.04 Å². The molecule has 0 fully saturated rings. The van der Waals surface area contributed by atoms with Gasteiger partial charge in [-0.25, -0.2) is 9.50 Å². The van der Waals surface area contributed by atoms with Crippen LogP contribution in [0, 0.1) is 0 Å². The fourth-order valence-electron chi connectivity index (χ4n) is 2.19. The molecule has 0 aromatic carbocycles. The third kappa shape index (κ3) is 2.93. The number of hydrogen-bond donors (Lipinski definition) is 1.